The number of carbonyl (C=O) groups is 2. The predicted octanol–water partition coefficient (Wildman–Crippen LogP) is 6.29. The number of amides is 2. The van der Waals surface area contributed by atoms with Crippen LogP contribution in [0.5, 0.6) is 0 Å². The molecular weight excluding hydrogens is 461 g/mol. The largest absolute Gasteiger partial charge is 0.345 e. The van der Waals surface area contributed by atoms with Crippen molar-refractivity contribution < 1.29 is 14.0 Å². The van der Waals surface area contributed by atoms with Gasteiger partial charge >= 0.3 is 0 Å². The van der Waals surface area contributed by atoms with Crippen LogP contribution in [0.15, 0.2) is 60.0 Å². The summed E-state index contributed by atoms with van der Waals surface area (Å²) in [5.74, 6) is -0.689. The summed E-state index contributed by atoms with van der Waals surface area (Å²) in [4.78, 5) is 30.5. The third kappa shape index (κ3) is 5.49. The zero-order chi connectivity index (χ0) is 23.4. The molecule has 1 aliphatic carbocycles. The van der Waals surface area contributed by atoms with Crippen molar-refractivity contribution in [3.63, 3.8) is 0 Å². The summed E-state index contributed by atoms with van der Waals surface area (Å²) < 4.78 is 14.2. The van der Waals surface area contributed by atoms with Crippen LogP contribution in [0.3, 0.4) is 0 Å². The molecule has 0 radical (unpaired) electrons. The zero-order valence-electron chi connectivity index (χ0n) is 18.0. The average Bonchev–Trinajstić information content (AvgIpc) is 3.21. The molecule has 1 unspecified atom stereocenters. The molecule has 1 heterocycles. The maximum Gasteiger partial charge on any atom is 0.244 e. The number of benzene rings is 2. The number of hydrogen-bond acceptors (Lipinski definition) is 4. The van der Waals surface area contributed by atoms with Gasteiger partial charge in [-0.25, -0.2) is 9.37 Å². The average molecular weight is 484 g/mol. The SMILES string of the molecule is CC(=O)N(c1nc(C=CC(=O)NC(c2ccc(Cl)cc2)C2CCC2)cs1)c1ccccc1F. The minimum atomic E-state index is -0.511. The number of hydrogen-bond donors (Lipinski definition) is 1. The fourth-order valence-electron chi connectivity index (χ4n) is 3.77. The zero-order valence-corrected chi connectivity index (χ0v) is 19.6. The molecule has 2 aromatic carbocycles. The minimum absolute atomic E-state index is 0.0755. The summed E-state index contributed by atoms with van der Waals surface area (Å²) in [6, 6.07) is 13.5. The molecule has 0 saturated heterocycles. The van der Waals surface area contributed by atoms with Crippen LogP contribution in [0.25, 0.3) is 6.08 Å². The van der Waals surface area contributed by atoms with E-state index in [9.17, 15) is 14.0 Å². The number of thiazole rings is 1. The Morgan fingerprint density at radius 2 is 1.94 bits per heavy atom. The van der Waals surface area contributed by atoms with Crippen LogP contribution in [0.1, 0.15) is 43.5 Å². The number of anilines is 2. The van der Waals surface area contributed by atoms with Gasteiger partial charge in [-0.05, 0) is 54.7 Å². The van der Waals surface area contributed by atoms with E-state index in [2.05, 4.69) is 10.3 Å². The molecular formula is C25H23ClFN3O2S. The number of halogens is 2. The van der Waals surface area contributed by atoms with Gasteiger partial charge in [0.05, 0.1) is 17.4 Å². The van der Waals surface area contributed by atoms with Crippen LogP contribution in [0.2, 0.25) is 5.02 Å². The maximum absolute atomic E-state index is 14.2. The van der Waals surface area contributed by atoms with E-state index in [4.69, 9.17) is 11.6 Å². The first-order valence-electron chi connectivity index (χ1n) is 10.7. The number of nitrogens with one attached hydrogen (secondary N) is 1. The Labute approximate surface area is 200 Å². The molecule has 1 aromatic heterocycles. The molecule has 1 atom stereocenters. The molecule has 0 spiro atoms. The van der Waals surface area contributed by atoms with Crippen LogP contribution in [-0.2, 0) is 9.59 Å². The lowest BCUT2D eigenvalue weighted by Gasteiger charge is -2.34. The van der Waals surface area contributed by atoms with Gasteiger partial charge in [0.1, 0.15) is 5.82 Å². The van der Waals surface area contributed by atoms with E-state index >= 15 is 0 Å². The molecule has 1 saturated carbocycles. The standard InChI is InChI=1S/C25H23ClFN3O2S/c1-16(31)30(22-8-3-2-7-21(22)27)25-28-20(15-33-25)13-14-23(32)29-24(17-5-4-6-17)18-9-11-19(26)12-10-18/h2-3,7-15,17,24H,4-6H2,1H3,(H,29,32). The minimum Gasteiger partial charge on any atom is -0.345 e. The Kier molecular flexibility index (Phi) is 7.20. The van der Waals surface area contributed by atoms with Crippen LogP contribution < -0.4 is 10.2 Å². The van der Waals surface area contributed by atoms with Gasteiger partial charge in [-0.1, -0.05) is 42.3 Å². The lowest BCUT2D eigenvalue weighted by atomic mass is 9.77. The molecule has 1 N–H and O–H groups in total. The summed E-state index contributed by atoms with van der Waals surface area (Å²) >= 11 is 7.21. The van der Waals surface area contributed by atoms with Crippen molar-refractivity contribution in [2.45, 2.75) is 32.2 Å². The first-order valence-corrected chi connectivity index (χ1v) is 11.9. The van der Waals surface area contributed by atoms with E-state index in [1.165, 1.54) is 41.4 Å². The van der Waals surface area contributed by atoms with E-state index in [0.717, 1.165) is 24.8 Å². The molecule has 3 aromatic rings. The molecule has 4 rings (SSSR count). The first kappa shape index (κ1) is 23.1. The van der Waals surface area contributed by atoms with Crippen LogP contribution in [-0.4, -0.2) is 16.8 Å². The van der Waals surface area contributed by atoms with Gasteiger partial charge in [0.25, 0.3) is 0 Å². The molecule has 2 amide bonds. The molecule has 0 aliphatic heterocycles. The molecule has 8 heteroatoms. The normalized spacial score (nSPS) is 14.6. The van der Waals surface area contributed by atoms with E-state index in [0.29, 0.717) is 21.8 Å². The Hall–Kier alpha value is -3.03. The van der Waals surface area contributed by atoms with Crippen molar-refractivity contribution in [1.29, 1.82) is 0 Å². The highest BCUT2D eigenvalue weighted by atomic mass is 35.5. The van der Waals surface area contributed by atoms with Gasteiger partial charge in [-0.2, -0.15) is 0 Å². The smallest absolute Gasteiger partial charge is 0.244 e. The highest BCUT2D eigenvalue weighted by Gasteiger charge is 2.29. The van der Waals surface area contributed by atoms with Crippen molar-refractivity contribution in [1.82, 2.24) is 10.3 Å². The number of carbonyl (C=O) groups excluding carboxylic acids is 2. The Balaban J connectivity index is 1.47. The van der Waals surface area contributed by atoms with Crippen molar-refractivity contribution in [3.8, 4) is 0 Å². The van der Waals surface area contributed by atoms with Gasteiger partial charge in [-0.15, -0.1) is 11.3 Å². The third-order valence-electron chi connectivity index (χ3n) is 5.66. The molecule has 33 heavy (non-hydrogen) atoms. The van der Waals surface area contributed by atoms with Crippen molar-refractivity contribution in [2.75, 3.05) is 4.90 Å². The predicted molar refractivity (Wildman–Crippen MR) is 130 cm³/mol. The molecule has 5 nitrogen and oxygen atoms in total. The number of nitrogens with zero attached hydrogens (tertiary/aromatic N) is 2. The highest BCUT2D eigenvalue weighted by molar-refractivity contribution is 7.14. The number of aromatic nitrogens is 1. The second-order valence-corrected chi connectivity index (χ2v) is 9.20. The van der Waals surface area contributed by atoms with Gasteiger partial charge in [0.2, 0.25) is 11.8 Å². The third-order valence-corrected chi connectivity index (χ3v) is 6.76. The molecule has 1 aliphatic rings. The Bertz CT molecular complexity index is 1170. The molecule has 0 bridgehead atoms. The second kappa shape index (κ2) is 10.3. The second-order valence-electron chi connectivity index (χ2n) is 7.92. The van der Waals surface area contributed by atoms with E-state index in [1.54, 1.807) is 23.6 Å². The fourth-order valence-corrected chi connectivity index (χ4v) is 4.75. The Morgan fingerprint density at radius 3 is 2.58 bits per heavy atom. The van der Waals surface area contributed by atoms with E-state index < -0.39 is 5.82 Å². The summed E-state index contributed by atoms with van der Waals surface area (Å²) in [5.41, 5.74) is 1.68. The lowest BCUT2D eigenvalue weighted by Crippen LogP contribution is -2.35. The lowest BCUT2D eigenvalue weighted by molar-refractivity contribution is -0.118. The van der Waals surface area contributed by atoms with E-state index in [-0.39, 0.29) is 23.5 Å². The summed E-state index contributed by atoms with van der Waals surface area (Å²) in [6.45, 7) is 1.36. The summed E-state index contributed by atoms with van der Waals surface area (Å²) in [6.07, 6.45) is 6.33. The fraction of sp³-hybridized carbons (Fsp3) is 0.240. The first-order chi connectivity index (χ1) is 15.9. The number of rotatable bonds is 7. The van der Waals surface area contributed by atoms with Crippen LogP contribution in [0, 0.1) is 11.7 Å². The Morgan fingerprint density at radius 1 is 1.21 bits per heavy atom. The van der Waals surface area contributed by atoms with Crippen LogP contribution >= 0.6 is 22.9 Å². The van der Waals surface area contributed by atoms with Gasteiger partial charge in [0.15, 0.2) is 5.13 Å². The van der Waals surface area contributed by atoms with Crippen LogP contribution in [0.4, 0.5) is 15.2 Å². The molecule has 1 fully saturated rings. The van der Waals surface area contributed by atoms with E-state index in [1.807, 2.05) is 24.3 Å². The van der Waals surface area contributed by atoms with Crippen molar-refractivity contribution in [2.24, 2.45) is 5.92 Å². The monoisotopic (exact) mass is 483 g/mol. The quantitative estimate of drug-likeness (QED) is 0.401. The highest BCUT2D eigenvalue weighted by Crippen LogP contribution is 2.38. The van der Waals surface area contributed by atoms with Crippen molar-refractivity contribution >= 4 is 51.6 Å². The summed E-state index contributed by atoms with van der Waals surface area (Å²) in [7, 11) is 0. The molecule has 170 valence electrons. The van der Waals surface area contributed by atoms with Gasteiger partial charge in [0, 0.05) is 23.4 Å². The van der Waals surface area contributed by atoms with Gasteiger partial charge < -0.3 is 5.32 Å². The number of para-hydroxylation sites is 1. The topological polar surface area (TPSA) is 62.3 Å². The summed E-state index contributed by atoms with van der Waals surface area (Å²) in [5, 5.41) is 5.81. The van der Waals surface area contributed by atoms with Crippen molar-refractivity contribution in [3.05, 3.63) is 82.1 Å². The van der Waals surface area contributed by atoms with Gasteiger partial charge in [-0.3, -0.25) is 14.5 Å². The maximum atomic E-state index is 14.2.